The molecule has 1 fully saturated rings. The van der Waals surface area contributed by atoms with E-state index in [1.807, 2.05) is 0 Å². The molecule has 1 aromatic rings. The van der Waals surface area contributed by atoms with Crippen LogP contribution >= 0.6 is 15.9 Å². The monoisotopic (exact) mass is 422 g/mol. The number of nitrogens with zero attached hydrogens (tertiary/aromatic N) is 1. The number of hydrogen-bond donors (Lipinski definition) is 2. The Bertz CT molecular complexity index is 686. The Balaban J connectivity index is 2.06. The first-order chi connectivity index (χ1) is 11.6. The normalized spacial score (nSPS) is 25.9. The Labute approximate surface area is 151 Å². The Kier molecular flexibility index (Phi) is 4.65. The number of aliphatic hydroxyl groups is 1. The molecule has 0 unspecified atom stereocenters. The van der Waals surface area contributed by atoms with Crippen LogP contribution in [-0.4, -0.2) is 34.7 Å². The minimum atomic E-state index is -4.63. The van der Waals surface area contributed by atoms with Gasteiger partial charge in [-0.2, -0.15) is 13.2 Å². The summed E-state index contributed by atoms with van der Waals surface area (Å²) in [4.78, 5) is 13.4. The maximum absolute atomic E-state index is 13.6. The number of amides is 2. The number of halogens is 4. The number of anilines is 1. The molecule has 1 aliphatic heterocycles. The summed E-state index contributed by atoms with van der Waals surface area (Å²) < 4.78 is 46.3. The molecular formula is C16H18BrF3N2O3. The van der Waals surface area contributed by atoms with Crippen molar-refractivity contribution in [2.24, 2.45) is 0 Å². The first-order valence-corrected chi connectivity index (χ1v) is 8.97. The van der Waals surface area contributed by atoms with Gasteiger partial charge in [0.2, 0.25) is 0 Å². The molecule has 0 saturated heterocycles. The van der Waals surface area contributed by atoms with E-state index in [1.165, 1.54) is 6.07 Å². The highest BCUT2D eigenvalue weighted by Crippen LogP contribution is 2.46. The summed E-state index contributed by atoms with van der Waals surface area (Å²) in [5, 5.41) is 13.0. The van der Waals surface area contributed by atoms with Crippen LogP contribution in [0.5, 0.6) is 5.75 Å². The zero-order chi connectivity index (χ0) is 18.4. The number of rotatable bonds is 4. The van der Waals surface area contributed by atoms with Gasteiger partial charge in [0.05, 0.1) is 23.5 Å². The van der Waals surface area contributed by atoms with Crippen molar-refractivity contribution in [3.8, 4) is 5.75 Å². The third-order valence-electron chi connectivity index (χ3n) is 4.42. The van der Waals surface area contributed by atoms with Gasteiger partial charge in [-0.15, -0.1) is 0 Å². The summed E-state index contributed by atoms with van der Waals surface area (Å²) in [6.45, 7) is 1.84. The number of nitrogens with one attached hydrogen (secondary N) is 1. The highest BCUT2D eigenvalue weighted by molar-refractivity contribution is 9.09. The van der Waals surface area contributed by atoms with E-state index in [2.05, 4.69) is 21.2 Å². The fourth-order valence-electron chi connectivity index (χ4n) is 3.38. The molecule has 0 atom stereocenters. The third kappa shape index (κ3) is 3.57. The van der Waals surface area contributed by atoms with E-state index in [0.717, 1.165) is 11.0 Å². The van der Waals surface area contributed by atoms with E-state index < -0.39 is 29.4 Å². The lowest BCUT2D eigenvalue weighted by molar-refractivity contribution is -0.137. The molecule has 2 amide bonds. The molecule has 3 rings (SSSR count). The van der Waals surface area contributed by atoms with Crippen molar-refractivity contribution in [2.45, 2.75) is 44.1 Å². The molecule has 0 aromatic heterocycles. The number of alkyl halides is 4. The number of carbonyl (C=O) groups excluding carboxylic acids is 1. The Hall–Kier alpha value is -1.48. The van der Waals surface area contributed by atoms with E-state index in [9.17, 15) is 23.1 Å². The van der Waals surface area contributed by atoms with Crippen LogP contribution in [0.3, 0.4) is 0 Å². The minimum absolute atomic E-state index is 0.00235. The maximum Gasteiger partial charge on any atom is 0.418 e. The average Bonchev–Trinajstić information content (AvgIpc) is 2.49. The summed E-state index contributed by atoms with van der Waals surface area (Å²) in [7, 11) is 0. The van der Waals surface area contributed by atoms with Gasteiger partial charge in [0.1, 0.15) is 5.75 Å². The second-order valence-electron chi connectivity index (χ2n) is 6.60. The van der Waals surface area contributed by atoms with Crippen molar-refractivity contribution in [3.05, 3.63) is 23.3 Å². The second-order valence-corrected chi connectivity index (χ2v) is 7.39. The summed E-state index contributed by atoms with van der Waals surface area (Å²) in [6.07, 6.45) is -4.15. The quantitative estimate of drug-likeness (QED) is 0.730. The van der Waals surface area contributed by atoms with E-state index in [1.54, 1.807) is 6.92 Å². The summed E-state index contributed by atoms with van der Waals surface area (Å²) in [5.74, 6) is 0.113. The highest BCUT2D eigenvalue weighted by Gasteiger charge is 2.48. The zero-order valence-electron chi connectivity index (χ0n) is 13.5. The van der Waals surface area contributed by atoms with Gasteiger partial charge in [-0.3, -0.25) is 4.90 Å². The Morgan fingerprint density at radius 1 is 1.44 bits per heavy atom. The van der Waals surface area contributed by atoms with Gasteiger partial charge in [-0.1, -0.05) is 15.9 Å². The van der Waals surface area contributed by atoms with E-state index in [-0.39, 0.29) is 37.4 Å². The molecule has 0 spiro atoms. The molecule has 1 heterocycles. The summed E-state index contributed by atoms with van der Waals surface area (Å²) >= 11 is 3.17. The molecule has 0 bridgehead atoms. The number of fused-ring (bicyclic) bond motifs is 1. The molecule has 5 nitrogen and oxygen atoms in total. The van der Waals surface area contributed by atoms with Crippen LogP contribution in [0.1, 0.15) is 30.9 Å². The molecule has 1 saturated carbocycles. The molecule has 9 heteroatoms. The van der Waals surface area contributed by atoms with Crippen LogP contribution in [0.4, 0.5) is 23.7 Å². The molecule has 1 aliphatic carbocycles. The lowest BCUT2D eigenvalue weighted by atomic mass is 9.76. The van der Waals surface area contributed by atoms with E-state index in [4.69, 9.17) is 4.74 Å². The topological polar surface area (TPSA) is 61.8 Å². The van der Waals surface area contributed by atoms with Gasteiger partial charge in [-0.25, -0.2) is 4.79 Å². The average molecular weight is 423 g/mol. The molecule has 1 aromatic carbocycles. The highest BCUT2D eigenvalue weighted by atomic mass is 79.9. The van der Waals surface area contributed by atoms with Crippen molar-refractivity contribution in [1.29, 1.82) is 0 Å². The maximum atomic E-state index is 13.6. The fourth-order valence-corrected chi connectivity index (χ4v) is 3.55. The SMILES string of the molecule is CC1(O)CC(N2C(=O)NCc3cc(OCCBr)cc(C(F)(F)F)c32)C1. The zero-order valence-corrected chi connectivity index (χ0v) is 15.1. The Morgan fingerprint density at radius 3 is 2.68 bits per heavy atom. The summed E-state index contributed by atoms with van der Waals surface area (Å²) in [6, 6.07) is 1.41. The van der Waals surface area contributed by atoms with Crippen LogP contribution < -0.4 is 15.0 Å². The van der Waals surface area contributed by atoms with Crippen molar-refractivity contribution in [2.75, 3.05) is 16.8 Å². The number of benzene rings is 1. The second kappa shape index (κ2) is 6.35. The predicted octanol–water partition coefficient (Wildman–Crippen LogP) is 3.42. The first-order valence-electron chi connectivity index (χ1n) is 7.85. The van der Waals surface area contributed by atoms with Gasteiger partial charge in [0.15, 0.2) is 0 Å². The molecular weight excluding hydrogens is 405 g/mol. The van der Waals surface area contributed by atoms with Crippen molar-refractivity contribution in [1.82, 2.24) is 5.32 Å². The largest absolute Gasteiger partial charge is 0.493 e. The van der Waals surface area contributed by atoms with E-state index in [0.29, 0.717) is 10.9 Å². The minimum Gasteiger partial charge on any atom is -0.493 e. The Morgan fingerprint density at radius 2 is 2.12 bits per heavy atom. The van der Waals surface area contributed by atoms with Gasteiger partial charge < -0.3 is 15.2 Å². The van der Waals surface area contributed by atoms with Crippen molar-refractivity contribution in [3.63, 3.8) is 0 Å². The first kappa shape index (κ1) is 18.3. The van der Waals surface area contributed by atoms with Gasteiger partial charge in [0, 0.05) is 17.9 Å². The van der Waals surface area contributed by atoms with Crippen molar-refractivity contribution < 1.29 is 27.8 Å². The van der Waals surface area contributed by atoms with Crippen LogP contribution in [0.25, 0.3) is 0 Å². The van der Waals surface area contributed by atoms with Gasteiger partial charge >= 0.3 is 12.2 Å². The molecule has 25 heavy (non-hydrogen) atoms. The lowest BCUT2D eigenvalue weighted by Gasteiger charge is -2.48. The van der Waals surface area contributed by atoms with Crippen molar-refractivity contribution >= 4 is 27.6 Å². The molecule has 2 N–H and O–H groups in total. The van der Waals surface area contributed by atoms with E-state index >= 15 is 0 Å². The van der Waals surface area contributed by atoms with Crippen LogP contribution in [0, 0.1) is 0 Å². The van der Waals surface area contributed by atoms with Gasteiger partial charge in [-0.05, 0) is 37.5 Å². The van der Waals surface area contributed by atoms with Crippen LogP contribution in [0.2, 0.25) is 0 Å². The standard InChI is InChI=1S/C16H18BrF3N2O3/c1-15(24)6-10(7-15)22-13-9(8-21-14(22)23)4-11(25-3-2-17)5-12(13)16(18,19)20/h4-5,10,24H,2-3,6-8H2,1H3,(H,21,23). The number of urea groups is 1. The van der Waals surface area contributed by atoms with Crippen LogP contribution in [-0.2, 0) is 12.7 Å². The molecule has 0 radical (unpaired) electrons. The lowest BCUT2D eigenvalue weighted by Crippen LogP contribution is -2.59. The molecule has 138 valence electrons. The predicted molar refractivity (Wildman–Crippen MR) is 89.1 cm³/mol. The summed E-state index contributed by atoms with van der Waals surface area (Å²) in [5.41, 5.74) is -1.63. The fraction of sp³-hybridized carbons (Fsp3) is 0.562. The molecule has 2 aliphatic rings. The smallest absolute Gasteiger partial charge is 0.418 e. The van der Waals surface area contributed by atoms with Crippen LogP contribution in [0.15, 0.2) is 12.1 Å². The van der Waals surface area contributed by atoms with Gasteiger partial charge in [0.25, 0.3) is 0 Å². The number of carbonyl (C=O) groups is 1. The number of ether oxygens (including phenoxy) is 1. The third-order valence-corrected chi connectivity index (χ3v) is 4.74. The number of hydrogen-bond acceptors (Lipinski definition) is 3.